The summed E-state index contributed by atoms with van der Waals surface area (Å²) < 4.78 is 13.4. The molecule has 1 aromatic rings. The van der Waals surface area contributed by atoms with Crippen molar-refractivity contribution in [3.63, 3.8) is 0 Å². The summed E-state index contributed by atoms with van der Waals surface area (Å²) in [5, 5.41) is 11.5. The SMILES string of the molecule is NC(CC1(CSc2ccccc2F)CC1)=NO. The lowest BCUT2D eigenvalue weighted by molar-refractivity contribution is 0.315. The molecule has 92 valence electrons. The zero-order chi connectivity index (χ0) is 12.3. The van der Waals surface area contributed by atoms with Crippen molar-refractivity contribution in [2.24, 2.45) is 16.3 Å². The van der Waals surface area contributed by atoms with Gasteiger partial charge in [0, 0.05) is 17.1 Å². The molecule has 0 spiro atoms. The number of thioether (sulfide) groups is 1. The highest BCUT2D eigenvalue weighted by Crippen LogP contribution is 2.52. The molecule has 3 nitrogen and oxygen atoms in total. The number of nitrogens with zero attached hydrogens (tertiary/aromatic N) is 1. The van der Waals surface area contributed by atoms with E-state index in [4.69, 9.17) is 10.9 Å². The van der Waals surface area contributed by atoms with Crippen LogP contribution in [0.1, 0.15) is 19.3 Å². The number of nitrogens with two attached hydrogens (primary N) is 1. The van der Waals surface area contributed by atoms with Gasteiger partial charge in [0.1, 0.15) is 11.7 Å². The minimum absolute atomic E-state index is 0.100. The summed E-state index contributed by atoms with van der Waals surface area (Å²) in [5.74, 6) is 0.887. The standard InChI is InChI=1S/C12H15FN2OS/c13-9-3-1-2-4-10(9)17-8-12(5-6-12)7-11(14)15-16/h1-4,16H,5-8H2,(H2,14,15). The lowest BCUT2D eigenvalue weighted by Gasteiger charge is -2.13. The molecule has 1 aliphatic carbocycles. The minimum atomic E-state index is -0.183. The van der Waals surface area contributed by atoms with Crippen molar-refractivity contribution >= 4 is 17.6 Å². The van der Waals surface area contributed by atoms with E-state index in [2.05, 4.69) is 5.16 Å². The zero-order valence-corrected chi connectivity index (χ0v) is 10.2. The van der Waals surface area contributed by atoms with Crippen LogP contribution in [0.3, 0.4) is 0 Å². The number of halogens is 1. The van der Waals surface area contributed by atoms with Gasteiger partial charge in [-0.05, 0) is 30.4 Å². The highest BCUT2D eigenvalue weighted by molar-refractivity contribution is 7.99. The number of amidine groups is 1. The number of benzene rings is 1. The van der Waals surface area contributed by atoms with E-state index in [9.17, 15) is 4.39 Å². The molecule has 3 N–H and O–H groups in total. The Labute approximate surface area is 104 Å². The first-order valence-electron chi connectivity index (χ1n) is 5.49. The first-order valence-corrected chi connectivity index (χ1v) is 6.47. The van der Waals surface area contributed by atoms with E-state index in [1.54, 1.807) is 12.1 Å². The van der Waals surface area contributed by atoms with E-state index in [-0.39, 0.29) is 17.1 Å². The van der Waals surface area contributed by atoms with Gasteiger partial charge in [-0.1, -0.05) is 17.3 Å². The smallest absolute Gasteiger partial charge is 0.139 e. The van der Waals surface area contributed by atoms with E-state index in [0.29, 0.717) is 11.3 Å². The third-order valence-corrected chi connectivity index (χ3v) is 4.41. The average molecular weight is 254 g/mol. The van der Waals surface area contributed by atoms with Crippen LogP contribution in [-0.4, -0.2) is 16.8 Å². The minimum Gasteiger partial charge on any atom is -0.409 e. The molecule has 1 saturated carbocycles. The molecule has 0 heterocycles. The molecule has 0 aromatic heterocycles. The maximum Gasteiger partial charge on any atom is 0.139 e. The molecular weight excluding hydrogens is 239 g/mol. The molecule has 17 heavy (non-hydrogen) atoms. The Morgan fingerprint density at radius 1 is 1.47 bits per heavy atom. The maximum atomic E-state index is 13.4. The molecule has 0 unspecified atom stereocenters. The van der Waals surface area contributed by atoms with Crippen molar-refractivity contribution < 1.29 is 9.60 Å². The molecule has 1 aliphatic rings. The van der Waals surface area contributed by atoms with Crippen molar-refractivity contribution in [3.05, 3.63) is 30.1 Å². The molecular formula is C12H15FN2OS. The lowest BCUT2D eigenvalue weighted by atomic mass is 10.1. The van der Waals surface area contributed by atoms with Gasteiger partial charge in [-0.3, -0.25) is 0 Å². The molecule has 0 amide bonds. The number of hydrogen-bond acceptors (Lipinski definition) is 3. The Balaban J connectivity index is 1.92. The third kappa shape index (κ3) is 3.12. The summed E-state index contributed by atoms with van der Waals surface area (Å²) in [7, 11) is 0. The fourth-order valence-electron chi connectivity index (χ4n) is 1.76. The first-order chi connectivity index (χ1) is 8.15. The predicted molar refractivity (Wildman–Crippen MR) is 66.8 cm³/mol. The second-order valence-electron chi connectivity index (χ2n) is 4.49. The first kappa shape index (κ1) is 12.2. The number of hydrogen-bond donors (Lipinski definition) is 2. The van der Waals surface area contributed by atoms with Gasteiger partial charge >= 0.3 is 0 Å². The molecule has 0 atom stereocenters. The van der Waals surface area contributed by atoms with Crippen molar-refractivity contribution in [3.8, 4) is 0 Å². The molecule has 1 aromatic carbocycles. The summed E-state index contributed by atoms with van der Waals surface area (Å²) >= 11 is 1.50. The summed E-state index contributed by atoms with van der Waals surface area (Å²) in [6.45, 7) is 0. The molecule has 0 saturated heterocycles. The van der Waals surface area contributed by atoms with Gasteiger partial charge in [0.15, 0.2) is 0 Å². The van der Waals surface area contributed by atoms with Crippen molar-refractivity contribution in [2.45, 2.75) is 24.2 Å². The summed E-state index contributed by atoms with van der Waals surface area (Å²) in [6.07, 6.45) is 2.71. The normalized spacial score (nSPS) is 18.1. The van der Waals surface area contributed by atoms with Crippen LogP contribution >= 0.6 is 11.8 Å². The Hall–Kier alpha value is -1.23. The van der Waals surface area contributed by atoms with Crippen LogP contribution in [0.25, 0.3) is 0 Å². The van der Waals surface area contributed by atoms with Crippen LogP contribution in [-0.2, 0) is 0 Å². The monoisotopic (exact) mass is 254 g/mol. The quantitative estimate of drug-likeness (QED) is 0.279. The van der Waals surface area contributed by atoms with Crippen LogP contribution in [0.5, 0.6) is 0 Å². The van der Waals surface area contributed by atoms with Gasteiger partial charge in [0.2, 0.25) is 0 Å². The molecule has 0 radical (unpaired) electrons. The van der Waals surface area contributed by atoms with Crippen molar-refractivity contribution in [1.29, 1.82) is 0 Å². The van der Waals surface area contributed by atoms with Gasteiger partial charge < -0.3 is 10.9 Å². The largest absolute Gasteiger partial charge is 0.409 e. The highest BCUT2D eigenvalue weighted by atomic mass is 32.2. The fourth-order valence-corrected chi connectivity index (χ4v) is 2.99. The van der Waals surface area contributed by atoms with Gasteiger partial charge in [-0.15, -0.1) is 11.8 Å². The maximum absolute atomic E-state index is 13.4. The fraction of sp³-hybridized carbons (Fsp3) is 0.417. The van der Waals surface area contributed by atoms with E-state index < -0.39 is 0 Å². The van der Waals surface area contributed by atoms with E-state index in [1.807, 2.05) is 6.07 Å². The van der Waals surface area contributed by atoms with Crippen LogP contribution in [0, 0.1) is 11.2 Å². The number of rotatable bonds is 5. The second-order valence-corrected chi connectivity index (χ2v) is 5.50. The molecule has 0 aliphatic heterocycles. The highest BCUT2D eigenvalue weighted by Gasteiger charge is 2.43. The van der Waals surface area contributed by atoms with Crippen LogP contribution in [0.2, 0.25) is 0 Å². The van der Waals surface area contributed by atoms with Crippen LogP contribution in [0.4, 0.5) is 4.39 Å². The van der Waals surface area contributed by atoms with Crippen molar-refractivity contribution in [2.75, 3.05) is 5.75 Å². The van der Waals surface area contributed by atoms with Crippen LogP contribution in [0.15, 0.2) is 34.3 Å². The third-order valence-electron chi connectivity index (χ3n) is 3.01. The molecule has 2 rings (SSSR count). The molecule has 1 fully saturated rings. The predicted octanol–water partition coefficient (Wildman–Crippen LogP) is 2.83. The average Bonchev–Trinajstić information content (AvgIpc) is 3.08. The lowest BCUT2D eigenvalue weighted by Crippen LogP contribution is -2.19. The topological polar surface area (TPSA) is 58.6 Å². The summed E-state index contributed by atoms with van der Waals surface area (Å²) in [6, 6.07) is 6.75. The van der Waals surface area contributed by atoms with Gasteiger partial charge in [0.05, 0.1) is 0 Å². The van der Waals surface area contributed by atoms with Gasteiger partial charge in [-0.2, -0.15) is 0 Å². The molecule has 0 bridgehead atoms. The van der Waals surface area contributed by atoms with Gasteiger partial charge in [-0.25, -0.2) is 4.39 Å². The Kier molecular flexibility index (Phi) is 3.57. The number of oxime groups is 1. The van der Waals surface area contributed by atoms with E-state index in [1.165, 1.54) is 17.8 Å². The Bertz CT molecular complexity index is 432. The van der Waals surface area contributed by atoms with Crippen molar-refractivity contribution in [1.82, 2.24) is 0 Å². The van der Waals surface area contributed by atoms with E-state index >= 15 is 0 Å². The second kappa shape index (κ2) is 4.96. The van der Waals surface area contributed by atoms with Crippen LogP contribution < -0.4 is 5.73 Å². The zero-order valence-electron chi connectivity index (χ0n) is 9.40. The van der Waals surface area contributed by atoms with Gasteiger partial charge in [0.25, 0.3) is 0 Å². The summed E-state index contributed by atoms with van der Waals surface area (Å²) in [4.78, 5) is 0.665. The summed E-state index contributed by atoms with van der Waals surface area (Å²) in [5.41, 5.74) is 5.62. The Morgan fingerprint density at radius 3 is 2.76 bits per heavy atom. The Morgan fingerprint density at radius 2 is 2.18 bits per heavy atom. The molecule has 5 heteroatoms. The van der Waals surface area contributed by atoms with E-state index in [0.717, 1.165) is 18.6 Å².